The molecule has 0 fully saturated rings. The zero-order valence-corrected chi connectivity index (χ0v) is 13.1. The van der Waals surface area contributed by atoms with Gasteiger partial charge in [-0.1, -0.05) is 13.0 Å². The van der Waals surface area contributed by atoms with Gasteiger partial charge in [-0.2, -0.15) is 0 Å². The van der Waals surface area contributed by atoms with Crippen molar-refractivity contribution in [2.24, 2.45) is 5.73 Å². The molecule has 1 aromatic carbocycles. The molecule has 0 aliphatic heterocycles. The summed E-state index contributed by atoms with van der Waals surface area (Å²) >= 11 is 1.52. The Bertz CT molecular complexity index is 610. The van der Waals surface area contributed by atoms with E-state index in [0.717, 1.165) is 22.7 Å². The third-order valence-corrected chi connectivity index (χ3v) is 4.09. The molecule has 0 aliphatic carbocycles. The van der Waals surface area contributed by atoms with Gasteiger partial charge in [0.2, 0.25) is 5.91 Å². The first-order valence-electron chi connectivity index (χ1n) is 6.96. The van der Waals surface area contributed by atoms with Crippen LogP contribution in [0, 0.1) is 0 Å². The van der Waals surface area contributed by atoms with Gasteiger partial charge in [0.1, 0.15) is 5.75 Å². The van der Waals surface area contributed by atoms with Gasteiger partial charge in [-0.25, -0.2) is 0 Å². The van der Waals surface area contributed by atoms with E-state index in [0.29, 0.717) is 12.1 Å². The smallest absolute Gasteiger partial charge is 0.249 e. The molecule has 0 radical (unpaired) electrons. The molecule has 21 heavy (non-hydrogen) atoms. The number of primary amides is 1. The first-order chi connectivity index (χ1) is 10.1. The summed E-state index contributed by atoms with van der Waals surface area (Å²) in [5.41, 5.74) is 6.80. The molecule has 0 aliphatic rings. The van der Waals surface area contributed by atoms with Crippen LogP contribution in [-0.4, -0.2) is 12.0 Å². The van der Waals surface area contributed by atoms with Gasteiger partial charge in [0.25, 0.3) is 0 Å². The fourth-order valence-corrected chi connectivity index (χ4v) is 2.60. The number of benzene rings is 1. The van der Waals surface area contributed by atoms with Crippen LogP contribution in [0.2, 0.25) is 0 Å². The van der Waals surface area contributed by atoms with Gasteiger partial charge in [-0.05, 0) is 31.5 Å². The maximum Gasteiger partial charge on any atom is 0.249 e. The van der Waals surface area contributed by atoms with Gasteiger partial charge in [-0.3, -0.25) is 4.79 Å². The van der Waals surface area contributed by atoms with Gasteiger partial charge in [0.15, 0.2) is 0 Å². The number of nitrogens with two attached hydrogens (primary N) is 1. The van der Waals surface area contributed by atoms with Crippen LogP contribution in [0.5, 0.6) is 5.75 Å². The number of thiophene rings is 1. The molecule has 2 aromatic rings. The summed E-state index contributed by atoms with van der Waals surface area (Å²) in [6.07, 6.45) is 1.18. The molecule has 1 heterocycles. The van der Waals surface area contributed by atoms with Crippen molar-refractivity contribution in [3.8, 4) is 5.75 Å². The van der Waals surface area contributed by atoms with Crippen LogP contribution in [-0.2, 0) is 6.54 Å². The fourth-order valence-electron chi connectivity index (χ4n) is 1.79. The quantitative estimate of drug-likeness (QED) is 0.821. The summed E-state index contributed by atoms with van der Waals surface area (Å²) in [5.74, 6) is 0.472. The van der Waals surface area contributed by atoms with Crippen molar-refractivity contribution < 1.29 is 9.53 Å². The monoisotopic (exact) mass is 304 g/mol. The maximum absolute atomic E-state index is 11.1. The minimum absolute atomic E-state index is 0.204. The summed E-state index contributed by atoms with van der Waals surface area (Å²) in [4.78, 5) is 12.1. The normalized spacial score (nSPS) is 11.9. The van der Waals surface area contributed by atoms with E-state index >= 15 is 0 Å². The molecular weight excluding hydrogens is 284 g/mol. The Labute approximate surface area is 128 Å². The largest absolute Gasteiger partial charge is 0.491 e. The van der Waals surface area contributed by atoms with E-state index < -0.39 is 0 Å². The Morgan fingerprint density at radius 1 is 1.43 bits per heavy atom. The zero-order valence-electron chi connectivity index (χ0n) is 12.3. The average molecular weight is 304 g/mol. The number of amides is 1. The number of ether oxygens (including phenoxy) is 1. The van der Waals surface area contributed by atoms with Crippen LogP contribution >= 0.6 is 11.3 Å². The lowest BCUT2D eigenvalue weighted by molar-refractivity contribution is 0.100. The molecular formula is C16H20N2O2S. The number of hydrogen-bond donors (Lipinski definition) is 2. The first kappa shape index (κ1) is 15.4. The summed E-state index contributed by atoms with van der Waals surface area (Å²) in [7, 11) is 0. The van der Waals surface area contributed by atoms with E-state index in [1.165, 1.54) is 11.3 Å². The van der Waals surface area contributed by atoms with E-state index in [2.05, 4.69) is 19.2 Å². The minimum Gasteiger partial charge on any atom is -0.491 e. The highest BCUT2D eigenvalue weighted by Crippen LogP contribution is 2.21. The van der Waals surface area contributed by atoms with Crippen molar-refractivity contribution >= 4 is 22.9 Å². The molecule has 112 valence electrons. The molecule has 0 saturated carbocycles. The number of nitrogens with one attached hydrogen (secondary N) is 1. The number of carbonyl (C=O) groups excluding carboxylic acids is 1. The van der Waals surface area contributed by atoms with Gasteiger partial charge in [-0.15, -0.1) is 11.3 Å². The summed E-state index contributed by atoms with van der Waals surface area (Å²) in [5, 5.41) is 5.10. The molecule has 1 unspecified atom stereocenters. The lowest BCUT2D eigenvalue weighted by Crippen LogP contribution is -2.10. The first-order valence-corrected chi connectivity index (χ1v) is 7.84. The van der Waals surface area contributed by atoms with E-state index in [-0.39, 0.29) is 12.0 Å². The highest BCUT2D eigenvalue weighted by Gasteiger charge is 2.05. The molecule has 0 spiro atoms. The SMILES string of the molecule is CCC(C)Oc1cccc(NCc2cc(C(N)=O)cs2)c1. The van der Waals surface area contributed by atoms with Crippen molar-refractivity contribution in [1.82, 2.24) is 0 Å². The van der Waals surface area contributed by atoms with Crippen molar-refractivity contribution in [2.45, 2.75) is 32.9 Å². The summed E-state index contributed by atoms with van der Waals surface area (Å²) < 4.78 is 5.79. The summed E-state index contributed by atoms with van der Waals surface area (Å²) in [6, 6.07) is 9.71. The molecule has 1 atom stereocenters. The van der Waals surface area contributed by atoms with E-state index in [1.54, 1.807) is 5.38 Å². The molecule has 0 saturated heterocycles. The van der Waals surface area contributed by atoms with Gasteiger partial charge in [0.05, 0.1) is 11.7 Å². The van der Waals surface area contributed by atoms with Crippen LogP contribution < -0.4 is 15.8 Å². The predicted molar refractivity (Wildman–Crippen MR) is 87.0 cm³/mol. The second kappa shape index (κ2) is 7.13. The third-order valence-electron chi connectivity index (χ3n) is 3.15. The van der Waals surface area contributed by atoms with Gasteiger partial charge < -0.3 is 15.8 Å². The topological polar surface area (TPSA) is 64.3 Å². The van der Waals surface area contributed by atoms with Crippen molar-refractivity contribution in [3.63, 3.8) is 0 Å². The Hall–Kier alpha value is -2.01. The maximum atomic E-state index is 11.1. The molecule has 4 nitrogen and oxygen atoms in total. The number of carbonyl (C=O) groups is 1. The number of anilines is 1. The lowest BCUT2D eigenvalue weighted by atomic mass is 10.2. The van der Waals surface area contributed by atoms with E-state index in [9.17, 15) is 4.79 Å². The molecule has 3 N–H and O–H groups in total. The Morgan fingerprint density at radius 3 is 2.90 bits per heavy atom. The van der Waals surface area contributed by atoms with Crippen molar-refractivity contribution in [1.29, 1.82) is 0 Å². The van der Waals surface area contributed by atoms with Crippen LogP contribution in [0.1, 0.15) is 35.5 Å². The lowest BCUT2D eigenvalue weighted by Gasteiger charge is -2.13. The van der Waals surface area contributed by atoms with E-state index in [1.807, 2.05) is 30.3 Å². The molecule has 1 aromatic heterocycles. The van der Waals surface area contributed by atoms with Crippen LogP contribution in [0.15, 0.2) is 35.7 Å². The van der Waals surface area contributed by atoms with Gasteiger partial charge >= 0.3 is 0 Å². The molecule has 0 bridgehead atoms. The third kappa shape index (κ3) is 4.49. The van der Waals surface area contributed by atoms with Crippen molar-refractivity contribution in [3.05, 3.63) is 46.2 Å². The molecule has 5 heteroatoms. The zero-order chi connectivity index (χ0) is 15.2. The Balaban J connectivity index is 1.96. The average Bonchev–Trinajstić information content (AvgIpc) is 2.94. The highest BCUT2D eigenvalue weighted by atomic mass is 32.1. The van der Waals surface area contributed by atoms with Crippen LogP contribution in [0.4, 0.5) is 5.69 Å². The Morgan fingerprint density at radius 2 is 2.24 bits per heavy atom. The molecule has 2 rings (SSSR count). The standard InChI is InChI=1S/C16H20N2O2S/c1-3-11(2)20-14-6-4-5-13(8-14)18-9-15-7-12(10-21-15)16(17)19/h4-8,10-11,18H,3,9H2,1-2H3,(H2,17,19). The minimum atomic E-state index is -0.388. The highest BCUT2D eigenvalue weighted by molar-refractivity contribution is 7.10. The van der Waals surface area contributed by atoms with Gasteiger partial charge in [0, 0.05) is 28.6 Å². The van der Waals surface area contributed by atoms with E-state index in [4.69, 9.17) is 10.5 Å². The van der Waals surface area contributed by atoms with Crippen molar-refractivity contribution in [2.75, 3.05) is 5.32 Å². The Kier molecular flexibility index (Phi) is 5.22. The number of hydrogen-bond acceptors (Lipinski definition) is 4. The fraction of sp³-hybridized carbons (Fsp3) is 0.312. The van der Waals surface area contributed by atoms with Crippen LogP contribution in [0.25, 0.3) is 0 Å². The second-order valence-corrected chi connectivity index (χ2v) is 5.88. The van der Waals surface area contributed by atoms with Crippen LogP contribution in [0.3, 0.4) is 0 Å². The molecule has 1 amide bonds. The number of rotatable bonds is 7. The second-order valence-electron chi connectivity index (χ2n) is 4.88. The predicted octanol–water partition coefficient (Wildman–Crippen LogP) is 3.64. The summed E-state index contributed by atoms with van der Waals surface area (Å²) in [6.45, 7) is 4.81.